The Labute approximate surface area is 131 Å². The van der Waals surface area contributed by atoms with Gasteiger partial charge in [0.25, 0.3) is 0 Å². The second-order valence-electron chi connectivity index (χ2n) is 4.95. The summed E-state index contributed by atoms with van der Waals surface area (Å²) in [7, 11) is 1.36. The average molecular weight is 301 g/mol. The number of allylic oxidation sites excluding steroid dienone is 1. The lowest BCUT2D eigenvalue weighted by Crippen LogP contribution is -2.34. The molecular formula is C17H23N3O2. The molecule has 5 nitrogen and oxygen atoms in total. The Morgan fingerprint density at radius 2 is 1.91 bits per heavy atom. The van der Waals surface area contributed by atoms with E-state index in [0.29, 0.717) is 30.9 Å². The maximum atomic E-state index is 11.8. The lowest BCUT2D eigenvalue weighted by molar-refractivity contribution is 0.128. The summed E-state index contributed by atoms with van der Waals surface area (Å²) in [6.07, 6.45) is 3.70. The van der Waals surface area contributed by atoms with Crippen molar-refractivity contribution in [3.05, 3.63) is 66.4 Å². The maximum Gasteiger partial charge on any atom is 0.409 e. The van der Waals surface area contributed by atoms with E-state index >= 15 is 0 Å². The predicted molar refractivity (Wildman–Crippen MR) is 90.1 cm³/mol. The van der Waals surface area contributed by atoms with Gasteiger partial charge in [0.05, 0.1) is 7.11 Å². The fourth-order valence-corrected chi connectivity index (χ4v) is 1.84. The van der Waals surface area contributed by atoms with Gasteiger partial charge in [-0.3, -0.25) is 0 Å². The molecule has 0 aromatic heterocycles. The van der Waals surface area contributed by atoms with Crippen molar-refractivity contribution in [2.45, 2.75) is 6.42 Å². The molecule has 1 amide bonds. The molecule has 0 saturated heterocycles. The van der Waals surface area contributed by atoms with Gasteiger partial charge in [-0.25, -0.2) is 4.79 Å². The molecule has 1 aromatic rings. The van der Waals surface area contributed by atoms with Gasteiger partial charge in [0.15, 0.2) is 0 Å². The molecule has 0 aliphatic carbocycles. The van der Waals surface area contributed by atoms with E-state index in [1.54, 1.807) is 17.1 Å². The fourth-order valence-electron chi connectivity index (χ4n) is 1.84. The number of nitrogen functional groups attached to an aromatic ring is 1. The SMILES string of the molecule is C=C(N)/C=C\C(=C)CN(CCc1ccc(N)cc1)C(=O)OC. The largest absolute Gasteiger partial charge is 0.453 e. The summed E-state index contributed by atoms with van der Waals surface area (Å²) in [5.74, 6) is 0. The van der Waals surface area contributed by atoms with Gasteiger partial charge >= 0.3 is 6.09 Å². The number of nitrogens with two attached hydrogens (primary N) is 2. The molecule has 4 N–H and O–H groups in total. The van der Waals surface area contributed by atoms with Crippen molar-refractivity contribution >= 4 is 11.8 Å². The van der Waals surface area contributed by atoms with Crippen LogP contribution in [0.4, 0.5) is 10.5 Å². The zero-order chi connectivity index (χ0) is 16.5. The van der Waals surface area contributed by atoms with Gasteiger partial charge in [-0.05, 0) is 35.8 Å². The van der Waals surface area contributed by atoms with Crippen LogP contribution in [0.2, 0.25) is 0 Å². The molecule has 0 fully saturated rings. The molecule has 22 heavy (non-hydrogen) atoms. The molecule has 0 bridgehead atoms. The summed E-state index contributed by atoms with van der Waals surface area (Å²) in [6.45, 7) is 8.36. The summed E-state index contributed by atoms with van der Waals surface area (Å²) in [6, 6.07) is 7.56. The number of hydrogen-bond donors (Lipinski definition) is 2. The predicted octanol–water partition coefficient (Wildman–Crippen LogP) is 2.46. The van der Waals surface area contributed by atoms with Crippen molar-refractivity contribution < 1.29 is 9.53 Å². The molecule has 0 spiro atoms. The van der Waals surface area contributed by atoms with E-state index in [1.807, 2.05) is 24.3 Å². The first kappa shape index (κ1) is 17.4. The van der Waals surface area contributed by atoms with E-state index in [2.05, 4.69) is 13.2 Å². The molecule has 0 radical (unpaired) electrons. The van der Waals surface area contributed by atoms with Gasteiger partial charge in [-0.15, -0.1) is 0 Å². The summed E-state index contributed by atoms with van der Waals surface area (Å²) in [5, 5.41) is 0. The second-order valence-corrected chi connectivity index (χ2v) is 4.95. The monoisotopic (exact) mass is 301 g/mol. The Morgan fingerprint density at radius 3 is 2.45 bits per heavy atom. The number of amides is 1. The van der Waals surface area contributed by atoms with Crippen LogP contribution in [-0.4, -0.2) is 31.2 Å². The number of rotatable bonds is 7. The molecule has 1 rings (SSSR count). The molecule has 1 aromatic carbocycles. The van der Waals surface area contributed by atoms with Gasteiger partial charge in [0.2, 0.25) is 0 Å². The van der Waals surface area contributed by atoms with E-state index in [4.69, 9.17) is 16.2 Å². The highest BCUT2D eigenvalue weighted by Gasteiger charge is 2.14. The average Bonchev–Trinajstić information content (AvgIpc) is 2.50. The van der Waals surface area contributed by atoms with Crippen molar-refractivity contribution in [1.29, 1.82) is 0 Å². The van der Waals surface area contributed by atoms with Crippen LogP contribution < -0.4 is 11.5 Å². The van der Waals surface area contributed by atoms with Crippen LogP contribution in [0.5, 0.6) is 0 Å². The van der Waals surface area contributed by atoms with Crippen molar-refractivity contribution in [3.63, 3.8) is 0 Å². The van der Waals surface area contributed by atoms with Crippen molar-refractivity contribution in [2.24, 2.45) is 5.73 Å². The van der Waals surface area contributed by atoms with E-state index < -0.39 is 6.09 Å². The fraction of sp³-hybridized carbons (Fsp3) is 0.235. The molecule has 5 heteroatoms. The molecule has 0 atom stereocenters. The zero-order valence-electron chi connectivity index (χ0n) is 12.9. The van der Waals surface area contributed by atoms with E-state index in [0.717, 1.165) is 11.1 Å². The number of hydrogen-bond acceptors (Lipinski definition) is 4. The highest BCUT2D eigenvalue weighted by Crippen LogP contribution is 2.09. The van der Waals surface area contributed by atoms with Crippen molar-refractivity contribution in [2.75, 3.05) is 25.9 Å². The van der Waals surface area contributed by atoms with Crippen LogP contribution in [0.25, 0.3) is 0 Å². The zero-order valence-corrected chi connectivity index (χ0v) is 12.9. The Hall–Kier alpha value is -2.69. The van der Waals surface area contributed by atoms with Gasteiger partial charge in [-0.1, -0.05) is 31.4 Å². The second kappa shape index (κ2) is 8.56. The van der Waals surface area contributed by atoms with Crippen LogP contribution in [0.1, 0.15) is 5.56 Å². The minimum absolute atomic E-state index is 0.366. The van der Waals surface area contributed by atoms with Crippen LogP contribution in [-0.2, 0) is 11.2 Å². The molecule has 0 saturated carbocycles. The first-order valence-corrected chi connectivity index (χ1v) is 6.90. The third-order valence-electron chi connectivity index (χ3n) is 3.01. The van der Waals surface area contributed by atoms with Gasteiger partial charge in [0, 0.05) is 24.5 Å². The standard InChI is InChI=1S/C17H23N3O2/c1-13(4-5-14(2)18)12-20(17(21)22-3)11-10-15-6-8-16(19)9-7-15/h4-9H,1-2,10-12,18-19H2,3H3/b5-4-. The van der Waals surface area contributed by atoms with E-state index in [-0.39, 0.29) is 0 Å². The van der Waals surface area contributed by atoms with E-state index in [1.165, 1.54) is 7.11 Å². The number of carbonyl (C=O) groups is 1. The number of nitrogens with zero attached hydrogens (tertiary/aromatic N) is 1. The number of benzene rings is 1. The first-order valence-electron chi connectivity index (χ1n) is 6.90. The molecular weight excluding hydrogens is 278 g/mol. The third-order valence-corrected chi connectivity index (χ3v) is 3.01. The smallest absolute Gasteiger partial charge is 0.409 e. The van der Waals surface area contributed by atoms with Crippen LogP contribution in [0.15, 0.2) is 60.8 Å². The minimum Gasteiger partial charge on any atom is -0.453 e. The van der Waals surface area contributed by atoms with Gasteiger partial charge < -0.3 is 21.1 Å². The Morgan fingerprint density at radius 1 is 1.27 bits per heavy atom. The lowest BCUT2D eigenvalue weighted by atomic mass is 10.1. The van der Waals surface area contributed by atoms with Crippen molar-refractivity contribution in [1.82, 2.24) is 4.90 Å². The number of anilines is 1. The summed E-state index contributed by atoms with van der Waals surface area (Å²) >= 11 is 0. The van der Waals surface area contributed by atoms with Crippen LogP contribution >= 0.6 is 0 Å². The third kappa shape index (κ3) is 6.17. The molecule has 0 aliphatic heterocycles. The summed E-state index contributed by atoms with van der Waals surface area (Å²) < 4.78 is 4.81. The quantitative estimate of drug-likeness (QED) is 0.599. The molecule has 0 heterocycles. The highest BCUT2D eigenvalue weighted by molar-refractivity contribution is 5.68. The van der Waals surface area contributed by atoms with Crippen LogP contribution in [0, 0.1) is 0 Å². The molecule has 118 valence electrons. The first-order chi connectivity index (χ1) is 10.4. The number of carbonyl (C=O) groups excluding carboxylic acids is 1. The molecule has 0 aliphatic rings. The minimum atomic E-state index is -0.392. The normalized spacial score (nSPS) is 10.4. The Balaban J connectivity index is 2.64. The summed E-state index contributed by atoms with van der Waals surface area (Å²) in [5.41, 5.74) is 14.1. The van der Waals surface area contributed by atoms with E-state index in [9.17, 15) is 4.79 Å². The summed E-state index contributed by atoms with van der Waals surface area (Å²) in [4.78, 5) is 13.4. The van der Waals surface area contributed by atoms with Gasteiger partial charge in [-0.2, -0.15) is 0 Å². The number of ether oxygens (including phenoxy) is 1. The Kier molecular flexibility index (Phi) is 6.76. The van der Waals surface area contributed by atoms with Crippen molar-refractivity contribution in [3.8, 4) is 0 Å². The number of methoxy groups -OCH3 is 1. The molecule has 0 unspecified atom stereocenters. The lowest BCUT2D eigenvalue weighted by Gasteiger charge is -2.21. The maximum absolute atomic E-state index is 11.8. The van der Waals surface area contributed by atoms with Crippen LogP contribution in [0.3, 0.4) is 0 Å². The topological polar surface area (TPSA) is 81.6 Å². The van der Waals surface area contributed by atoms with Gasteiger partial charge in [0.1, 0.15) is 0 Å². The Bertz CT molecular complexity index is 562. The highest BCUT2D eigenvalue weighted by atomic mass is 16.5.